The van der Waals surface area contributed by atoms with Crippen LogP contribution in [0.3, 0.4) is 0 Å². The molecule has 3 aliphatic heterocycles. The Balaban J connectivity index is 0.882. The van der Waals surface area contributed by atoms with Crippen molar-refractivity contribution >= 4 is 41.1 Å². The van der Waals surface area contributed by atoms with Gasteiger partial charge in [0.25, 0.3) is 0 Å². The van der Waals surface area contributed by atoms with Gasteiger partial charge in [0.05, 0.1) is 28.4 Å². The van der Waals surface area contributed by atoms with Crippen LogP contribution in [0.25, 0.3) is 28.0 Å². The number of anilines is 1. The van der Waals surface area contributed by atoms with Crippen LogP contribution in [0.4, 0.5) is 5.69 Å². The molecule has 2 amide bonds. The molecule has 10 rings (SSSR count). The number of rotatable bonds is 10. The lowest BCUT2D eigenvalue weighted by atomic mass is 9.53. The highest BCUT2D eigenvalue weighted by atomic mass is 32.1. The number of imide groups is 1. The number of hydrogen-bond acceptors (Lipinski definition) is 11. The number of carbonyl (C=O) groups excluding carboxylic acids is 2. The van der Waals surface area contributed by atoms with Crippen LogP contribution in [0.1, 0.15) is 97.5 Å². The van der Waals surface area contributed by atoms with Gasteiger partial charge in [0.15, 0.2) is 5.01 Å². The van der Waals surface area contributed by atoms with E-state index >= 15 is 0 Å². The molecule has 1 aromatic carbocycles. The van der Waals surface area contributed by atoms with E-state index in [2.05, 4.69) is 44.8 Å². The van der Waals surface area contributed by atoms with Crippen LogP contribution in [-0.2, 0) is 32.7 Å². The molecule has 1 atom stereocenters. The van der Waals surface area contributed by atoms with Crippen molar-refractivity contribution in [1.29, 1.82) is 10.7 Å². The summed E-state index contributed by atoms with van der Waals surface area (Å²) in [5.41, 5.74) is 8.72. The Labute approximate surface area is 330 Å². The highest BCUT2D eigenvalue weighted by Crippen LogP contribution is 2.59. The predicted molar refractivity (Wildman–Crippen MR) is 215 cm³/mol. The van der Waals surface area contributed by atoms with Crippen LogP contribution in [0.2, 0.25) is 0 Å². The molecule has 0 spiro atoms. The molecule has 3 aromatic heterocycles. The van der Waals surface area contributed by atoms with Gasteiger partial charge in [-0.1, -0.05) is 29.5 Å². The summed E-state index contributed by atoms with van der Waals surface area (Å²) in [7, 11) is 0. The lowest BCUT2D eigenvalue weighted by Gasteiger charge is -2.54. The molecule has 4 N–H and O–H groups in total. The number of carbonyl (C=O) groups is 2. The lowest BCUT2D eigenvalue weighted by molar-refractivity contribution is -0.134. The highest BCUT2D eigenvalue weighted by Gasteiger charge is 2.51. The van der Waals surface area contributed by atoms with E-state index in [1.165, 1.54) is 30.4 Å². The summed E-state index contributed by atoms with van der Waals surface area (Å²) < 4.78 is 5.64. The molecule has 0 unspecified atom stereocenters. The van der Waals surface area contributed by atoms with Crippen molar-refractivity contribution in [1.82, 2.24) is 30.4 Å². The smallest absolute Gasteiger partial charge is 0.234 e. The van der Waals surface area contributed by atoms with Gasteiger partial charge in [-0.25, -0.2) is 0 Å². The monoisotopic (exact) mass is 769 g/mol. The molecule has 3 saturated carbocycles. The number of nitriles is 1. The van der Waals surface area contributed by atoms with E-state index < -0.39 is 0 Å². The third kappa shape index (κ3) is 7.22. The molecule has 6 aliphatic rings. The second-order valence-electron chi connectivity index (χ2n) is 16.5. The largest absolute Gasteiger partial charge is 0.381 e. The summed E-state index contributed by atoms with van der Waals surface area (Å²) in [6.45, 7) is 4.57. The van der Waals surface area contributed by atoms with E-state index in [0.717, 1.165) is 121 Å². The first-order valence-electron chi connectivity index (χ1n) is 20.0. The van der Waals surface area contributed by atoms with Gasteiger partial charge in [-0.15, -0.1) is 10.2 Å². The van der Waals surface area contributed by atoms with Crippen molar-refractivity contribution in [2.75, 3.05) is 31.6 Å². The van der Waals surface area contributed by atoms with E-state index in [0.29, 0.717) is 18.3 Å². The Hall–Kier alpha value is -5.03. The van der Waals surface area contributed by atoms with Gasteiger partial charge >= 0.3 is 0 Å². The second-order valence-corrected chi connectivity index (χ2v) is 17.5. The summed E-state index contributed by atoms with van der Waals surface area (Å²) in [6.07, 6.45) is 15.5. The molecular weight excluding hydrogens is 723 g/mol. The van der Waals surface area contributed by atoms with Gasteiger partial charge in [-0.2, -0.15) is 5.26 Å². The molecule has 3 aliphatic carbocycles. The SMILES string of the molecule is N#C/C(C=N)=C/c1ccc(-c2cc(NC3CCOCC3)c(-c3nnc(C45CCC(CN6CCc7cc([C@@H]8CCC(=O)NC8=O)ccc7C6)(CC4)CC5)s3)cn2)[nH]1. The maximum atomic E-state index is 12.5. The number of aromatic amines is 1. The molecule has 2 saturated heterocycles. The number of aromatic nitrogens is 4. The summed E-state index contributed by atoms with van der Waals surface area (Å²) in [5.74, 6) is -0.566. The number of fused-ring (bicyclic) bond motifs is 4. The van der Waals surface area contributed by atoms with Crippen molar-refractivity contribution in [3.05, 3.63) is 75.6 Å². The van der Waals surface area contributed by atoms with E-state index in [-0.39, 0.29) is 34.8 Å². The minimum Gasteiger partial charge on any atom is -0.381 e. The van der Waals surface area contributed by atoms with Gasteiger partial charge in [-0.3, -0.25) is 24.8 Å². The van der Waals surface area contributed by atoms with Crippen molar-refractivity contribution in [2.45, 2.75) is 94.5 Å². The fourth-order valence-electron chi connectivity index (χ4n) is 9.71. The van der Waals surface area contributed by atoms with Crippen molar-refractivity contribution in [2.24, 2.45) is 5.41 Å². The summed E-state index contributed by atoms with van der Waals surface area (Å²) >= 11 is 1.73. The summed E-state index contributed by atoms with van der Waals surface area (Å²) in [5, 5.41) is 34.8. The minimum absolute atomic E-state index is 0.0766. The standard InChI is InChI=1S/C43H47N9O3S/c44-22-27(23-45)19-32-3-5-35(48-32)37-21-36(47-31-8-17-55-18-9-31)34(24-46-37)40-50-51-41(56-40)43-13-10-42(11-14-43,12-15-43)26-52-16-7-28-20-29(1-2-30(28)25-52)33-4-6-38(53)49-39(33)54/h1-3,5,19-22,24,31,33,44,48H,4,6-18,25-26H2,(H,46,47)(H,49,53,54)/b27-19+,44-22?/t33-,42?,43?/m0/s1. The number of amides is 2. The maximum Gasteiger partial charge on any atom is 0.234 e. The van der Waals surface area contributed by atoms with Crippen LogP contribution in [-0.4, -0.2) is 75.4 Å². The molecule has 2 bridgehead atoms. The van der Waals surface area contributed by atoms with Crippen LogP contribution in [0, 0.1) is 22.2 Å². The molecule has 0 radical (unpaired) electrons. The van der Waals surface area contributed by atoms with Gasteiger partial charge in [0, 0.05) is 74.5 Å². The first kappa shape index (κ1) is 36.6. The number of nitrogens with zero attached hydrogens (tertiary/aromatic N) is 5. The zero-order valence-electron chi connectivity index (χ0n) is 31.5. The van der Waals surface area contributed by atoms with Crippen LogP contribution < -0.4 is 10.6 Å². The zero-order valence-corrected chi connectivity index (χ0v) is 32.4. The molecule has 56 heavy (non-hydrogen) atoms. The van der Waals surface area contributed by atoms with Crippen LogP contribution in [0.5, 0.6) is 0 Å². The number of hydrogen-bond donors (Lipinski definition) is 4. The van der Waals surface area contributed by atoms with Crippen LogP contribution in [0.15, 0.2) is 48.2 Å². The Morgan fingerprint density at radius 1 is 1.04 bits per heavy atom. The third-order valence-corrected chi connectivity index (χ3v) is 14.3. The van der Waals surface area contributed by atoms with Gasteiger partial charge < -0.3 is 20.4 Å². The van der Waals surface area contributed by atoms with Crippen molar-refractivity contribution < 1.29 is 14.3 Å². The number of benzene rings is 1. The quantitative estimate of drug-likeness (QED) is 0.0760. The Bertz CT molecular complexity index is 2220. The van der Waals surface area contributed by atoms with Gasteiger partial charge in [-0.05, 0) is 111 Å². The molecule has 12 nitrogen and oxygen atoms in total. The average Bonchev–Trinajstić information content (AvgIpc) is 3.92. The summed E-state index contributed by atoms with van der Waals surface area (Å²) in [6, 6.07) is 14.8. The summed E-state index contributed by atoms with van der Waals surface area (Å²) in [4.78, 5) is 35.0. The highest BCUT2D eigenvalue weighted by molar-refractivity contribution is 7.14. The third-order valence-electron chi connectivity index (χ3n) is 13.1. The minimum atomic E-state index is -0.233. The number of nitrogens with one attached hydrogen (secondary N) is 4. The average molecular weight is 770 g/mol. The van der Waals surface area contributed by atoms with E-state index in [4.69, 9.17) is 25.3 Å². The van der Waals surface area contributed by atoms with E-state index in [1.807, 2.05) is 24.4 Å². The molecule has 6 heterocycles. The second kappa shape index (κ2) is 15.1. The fourth-order valence-corrected chi connectivity index (χ4v) is 10.9. The van der Waals surface area contributed by atoms with Crippen molar-refractivity contribution in [3.8, 4) is 28.0 Å². The fraction of sp³-hybridized carbons (Fsp3) is 0.465. The van der Waals surface area contributed by atoms with E-state index in [1.54, 1.807) is 17.4 Å². The Morgan fingerprint density at radius 3 is 2.62 bits per heavy atom. The van der Waals surface area contributed by atoms with Crippen molar-refractivity contribution in [3.63, 3.8) is 0 Å². The van der Waals surface area contributed by atoms with Crippen LogP contribution >= 0.6 is 11.3 Å². The number of ether oxygens (including phenoxy) is 1. The normalized spacial score (nSPS) is 25.7. The topological polar surface area (TPSA) is 173 Å². The number of pyridine rings is 1. The van der Waals surface area contributed by atoms with Gasteiger partial charge in [0.1, 0.15) is 11.1 Å². The molecular formula is C43H47N9O3S. The number of piperidine rings is 1. The van der Waals surface area contributed by atoms with Gasteiger partial charge in [0.2, 0.25) is 11.8 Å². The predicted octanol–water partition coefficient (Wildman–Crippen LogP) is 6.91. The molecule has 288 valence electrons. The number of H-pyrrole nitrogens is 1. The Kier molecular flexibility index (Phi) is 9.89. The first-order chi connectivity index (χ1) is 27.3. The van der Waals surface area contributed by atoms with E-state index in [9.17, 15) is 14.9 Å². The zero-order chi connectivity index (χ0) is 38.3. The molecule has 13 heteroatoms. The molecule has 4 aromatic rings. The maximum absolute atomic E-state index is 12.5. The number of allylic oxidation sites excluding steroid dienone is 1. The lowest BCUT2D eigenvalue weighted by Crippen LogP contribution is -2.50. The first-order valence-corrected chi connectivity index (χ1v) is 20.8. The molecule has 5 fully saturated rings. The Morgan fingerprint density at radius 2 is 1.86 bits per heavy atom.